The Balaban J connectivity index is 2.15. The molecule has 16 heavy (non-hydrogen) atoms. The summed E-state index contributed by atoms with van der Waals surface area (Å²) in [5.74, 6) is -0.594. The van der Waals surface area contributed by atoms with Gasteiger partial charge < -0.3 is 9.64 Å². The summed E-state index contributed by atoms with van der Waals surface area (Å²) in [6, 6.07) is 7.17. The van der Waals surface area contributed by atoms with E-state index in [4.69, 9.17) is 4.74 Å². The molecule has 0 saturated carbocycles. The molecule has 1 aromatic rings. The number of hydrogen-bond acceptors (Lipinski definition) is 3. The third-order valence-electron chi connectivity index (χ3n) is 3.24. The fourth-order valence-electron chi connectivity index (χ4n) is 2.46. The van der Waals surface area contributed by atoms with Gasteiger partial charge in [0.05, 0.1) is 12.1 Å². The number of amides is 1. The molecule has 3 rings (SSSR count). The van der Waals surface area contributed by atoms with E-state index in [1.54, 1.807) is 24.1 Å². The number of likely N-dealkylation sites (tertiary alicyclic amines) is 1. The molecule has 0 aromatic heterocycles. The lowest BCUT2D eigenvalue weighted by atomic mass is 9.89. The number of benzene rings is 1. The third-order valence-corrected chi connectivity index (χ3v) is 3.24. The number of likely N-dealkylation sites (N-methyl/N-ethyl adjacent to an activating group) is 1. The summed E-state index contributed by atoms with van der Waals surface area (Å²) in [4.78, 5) is 25.2. The van der Waals surface area contributed by atoms with Crippen LogP contribution >= 0.6 is 0 Å². The van der Waals surface area contributed by atoms with E-state index in [0.29, 0.717) is 12.1 Å². The lowest BCUT2D eigenvalue weighted by Gasteiger charge is -2.25. The predicted octanol–water partition coefficient (Wildman–Crippen LogP) is 0.781. The minimum absolute atomic E-state index is 0.0324. The van der Waals surface area contributed by atoms with Gasteiger partial charge >= 0.3 is 5.97 Å². The van der Waals surface area contributed by atoms with Crippen LogP contribution in [0.4, 0.5) is 0 Å². The molecule has 1 amide bonds. The van der Waals surface area contributed by atoms with Crippen molar-refractivity contribution >= 4 is 11.9 Å². The summed E-state index contributed by atoms with van der Waals surface area (Å²) in [6.07, 6.45) is -0.320. The molecule has 1 saturated heterocycles. The van der Waals surface area contributed by atoms with Crippen molar-refractivity contribution in [3.05, 3.63) is 35.4 Å². The zero-order chi connectivity index (χ0) is 11.3. The van der Waals surface area contributed by atoms with Gasteiger partial charge in [-0.2, -0.15) is 0 Å². The predicted molar refractivity (Wildman–Crippen MR) is 56.0 cm³/mol. The standard InChI is InChI=1S/C12H11NO3/c1-13-6-9-10(11(13)14)7-4-2-3-5-8(7)12(15)16-9/h2-5,9-10H,6H2,1H3. The molecular weight excluding hydrogens is 206 g/mol. The van der Waals surface area contributed by atoms with Gasteiger partial charge in [-0.05, 0) is 11.6 Å². The molecule has 4 nitrogen and oxygen atoms in total. The number of rotatable bonds is 0. The fraction of sp³-hybridized carbons (Fsp3) is 0.333. The first kappa shape index (κ1) is 9.39. The number of esters is 1. The number of carbonyl (C=O) groups is 2. The van der Waals surface area contributed by atoms with Gasteiger partial charge in [-0.15, -0.1) is 0 Å². The summed E-state index contributed by atoms with van der Waals surface area (Å²) in [5, 5.41) is 0. The van der Waals surface area contributed by atoms with Crippen molar-refractivity contribution in [1.29, 1.82) is 0 Å². The average molecular weight is 217 g/mol. The monoisotopic (exact) mass is 217 g/mol. The highest BCUT2D eigenvalue weighted by Crippen LogP contribution is 2.36. The van der Waals surface area contributed by atoms with Crippen LogP contribution in [0.5, 0.6) is 0 Å². The van der Waals surface area contributed by atoms with Crippen molar-refractivity contribution in [2.45, 2.75) is 12.0 Å². The van der Waals surface area contributed by atoms with Crippen LogP contribution in [-0.4, -0.2) is 36.5 Å². The zero-order valence-electron chi connectivity index (χ0n) is 8.84. The molecule has 0 radical (unpaired) electrons. The van der Waals surface area contributed by atoms with Crippen molar-refractivity contribution in [1.82, 2.24) is 4.90 Å². The molecule has 0 bridgehead atoms. The Morgan fingerprint density at radius 1 is 1.31 bits per heavy atom. The molecule has 2 aliphatic heterocycles. The topological polar surface area (TPSA) is 46.6 Å². The van der Waals surface area contributed by atoms with Crippen molar-refractivity contribution < 1.29 is 14.3 Å². The average Bonchev–Trinajstić information content (AvgIpc) is 2.55. The summed E-state index contributed by atoms with van der Waals surface area (Å²) in [5.41, 5.74) is 1.32. The molecule has 0 spiro atoms. The Labute approximate surface area is 92.8 Å². The molecule has 82 valence electrons. The number of fused-ring (bicyclic) bond motifs is 3. The smallest absolute Gasteiger partial charge is 0.338 e. The van der Waals surface area contributed by atoms with Crippen molar-refractivity contribution in [3.8, 4) is 0 Å². The minimum atomic E-state index is -0.320. The third kappa shape index (κ3) is 1.10. The molecule has 2 unspecified atom stereocenters. The Kier molecular flexibility index (Phi) is 1.80. The Morgan fingerprint density at radius 2 is 2.06 bits per heavy atom. The van der Waals surface area contributed by atoms with Gasteiger partial charge in [0.2, 0.25) is 5.91 Å². The number of hydrogen-bond donors (Lipinski definition) is 0. The van der Waals surface area contributed by atoms with Crippen LogP contribution in [0.1, 0.15) is 21.8 Å². The van der Waals surface area contributed by atoms with E-state index >= 15 is 0 Å². The van der Waals surface area contributed by atoms with Crippen LogP contribution < -0.4 is 0 Å². The van der Waals surface area contributed by atoms with Gasteiger partial charge in [0.15, 0.2) is 0 Å². The number of carbonyl (C=O) groups excluding carboxylic acids is 2. The summed E-state index contributed by atoms with van der Waals surface area (Å²) >= 11 is 0. The van der Waals surface area contributed by atoms with Gasteiger partial charge in [-0.3, -0.25) is 4.79 Å². The Morgan fingerprint density at radius 3 is 2.88 bits per heavy atom. The molecule has 2 atom stereocenters. The minimum Gasteiger partial charge on any atom is -0.456 e. The maximum Gasteiger partial charge on any atom is 0.338 e. The molecule has 1 fully saturated rings. The molecular formula is C12H11NO3. The van der Waals surface area contributed by atoms with E-state index in [1.165, 1.54) is 0 Å². The lowest BCUT2D eigenvalue weighted by Crippen LogP contribution is -2.32. The fourth-order valence-corrected chi connectivity index (χ4v) is 2.46. The Bertz CT molecular complexity index is 483. The quantitative estimate of drug-likeness (QED) is 0.603. The molecule has 2 heterocycles. The largest absolute Gasteiger partial charge is 0.456 e. The first-order chi connectivity index (χ1) is 7.68. The summed E-state index contributed by atoms with van der Waals surface area (Å²) in [6.45, 7) is 0.490. The van der Waals surface area contributed by atoms with Crippen molar-refractivity contribution in [2.75, 3.05) is 13.6 Å². The van der Waals surface area contributed by atoms with Crippen LogP contribution in [0.25, 0.3) is 0 Å². The zero-order valence-corrected chi connectivity index (χ0v) is 8.84. The highest BCUT2D eigenvalue weighted by molar-refractivity contribution is 5.98. The molecule has 4 heteroatoms. The molecule has 0 N–H and O–H groups in total. The van der Waals surface area contributed by atoms with Crippen LogP contribution in [0, 0.1) is 0 Å². The van der Waals surface area contributed by atoms with Gasteiger partial charge in [0.1, 0.15) is 12.0 Å². The maximum atomic E-state index is 11.9. The second-order valence-corrected chi connectivity index (χ2v) is 4.23. The summed E-state index contributed by atoms with van der Waals surface area (Å²) in [7, 11) is 1.73. The van der Waals surface area contributed by atoms with Gasteiger partial charge in [0, 0.05) is 7.05 Å². The first-order valence-corrected chi connectivity index (χ1v) is 5.23. The van der Waals surface area contributed by atoms with Crippen molar-refractivity contribution in [2.24, 2.45) is 0 Å². The van der Waals surface area contributed by atoms with Crippen molar-refractivity contribution in [3.63, 3.8) is 0 Å². The van der Waals surface area contributed by atoms with Crippen LogP contribution in [0.3, 0.4) is 0 Å². The van der Waals surface area contributed by atoms with E-state index in [1.807, 2.05) is 12.1 Å². The number of nitrogens with zero attached hydrogens (tertiary/aromatic N) is 1. The van der Waals surface area contributed by atoms with E-state index < -0.39 is 0 Å². The highest BCUT2D eigenvalue weighted by Gasteiger charge is 2.46. The molecule has 1 aromatic carbocycles. The normalized spacial score (nSPS) is 27.4. The van der Waals surface area contributed by atoms with E-state index in [9.17, 15) is 9.59 Å². The second kappa shape index (κ2) is 3.07. The van der Waals surface area contributed by atoms with Gasteiger partial charge in [0.25, 0.3) is 0 Å². The first-order valence-electron chi connectivity index (χ1n) is 5.23. The second-order valence-electron chi connectivity index (χ2n) is 4.23. The van der Waals surface area contributed by atoms with E-state index in [-0.39, 0.29) is 23.9 Å². The van der Waals surface area contributed by atoms with E-state index in [2.05, 4.69) is 0 Å². The van der Waals surface area contributed by atoms with Gasteiger partial charge in [-0.25, -0.2) is 4.79 Å². The maximum absolute atomic E-state index is 11.9. The van der Waals surface area contributed by atoms with Gasteiger partial charge in [-0.1, -0.05) is 18.2 Å². The number of ether oxygens (including phenoxy) is 1. The summed E-state index contributed by atoms with van der Waals surface area (Å²) < 4.78 is 5.28. The highest BCUT2D eigenvalue weighted by atomic mass is 16.5. The Hall–Kier alpha value is -1.84. The molecule has 0 aliphatic carbocycles. The van der Waals surface area contributed by atoms with E-state index in [0.717, 1.165) is 5.56 Å². The van der Waals surface area contributed by atoms with Crippen LogP contribution in [0.2, 0.25) is 0 Å². The van der Waals surface area contributed by atoms with Crippen LogP contribution in [0.15, 0.2) is 24.3 Å². The van der Waals surface area contributed by atoms with Crippen LogP contribution in [-0.2, 0) is 9.53 Å². The lowest BCUT2D eigenvalue weighted by molar-refractivity contribution is -0.128. The molecule has 2 aliphatic rings. The SMILES string of the molecule is CN1CC2OC(=O)c3ccccc3C2C1=O.